The van der Waals surface area contributed by atoms with E-state index in [1.165, 1.54) is 19.3 Å². The standard InChI is InChI=1S/C28H39N7O3/c1-18(34-13-8-14-34)30-25(36)19-11-12-21(23(15-19)38-5)31-27-29-16-22-24(32-27)35(20-9-6-7-10-20)17-28(2,3)26(37)33(22)4/h11-12,15-16,18,20H,6-10,13-14,17H2,1-5H3,(H,30,36)(H,29,31,32). The van der Waals surface area contributed by atoms with Gasteiger partial charge < -0.3 is 25.2 Å². The van der Waals surface area contributed by atoms with E-state index < -0.39 is 5.41 Å². The number of rotatable bonds is 7. The van der Waals surface area contributed by atoms with Crippen LogP contribution in [0.3, 0.4) is 0 Å². The maximum absolute atomic E-state index is 13.2. The Labute approximate surface area is 224 Å². The van der Waals surface area contributed by atoms with Crippen molar-refractivity contribution in [2.45, 2.75) is 65.1 Å². The van der Waals surface area contributed by atoms with Gasteiger partial charge in [-0.15, -0.1) is 0 Å². The summed E-state index contributed by atoms with van der Waals surface area (Å²) < 4.78 is 5.61. The maximum Gasteiger partial charge on any atom is 0.252 e. The van der Waals surface area contributed by atoms with Gasteiger partial charge in [0.2, 0.25) is 11.9 Å². The number of aromatic nitrogens is 2. The Hall–Kier alpha value is -3.40. The number of nitrogens with zero attached hydrogens (tertiary/aromatic N) is 5. The first kappa shape index (κ1) is 26.2. The van der Waals surface area contributed by atoms with Gasteiger partial charge in [0.15, 0.2) is 5.82 Å². The minimum Gasteiger partial charge on any atom is -0.495 e. The fourth-order valence-electron chi connectivity index (χ4n) is 5.67. The molecule has 5 rings (SSSR count). The molecule has 1 unspecified atom stereocenters. The molecule has 1 aliphatic carbocycles. The fourth-order valence-corrected chi connectivity index (χ4v) is 5.67. The van der Waals surface area contributed by atoms with Gasteiger partial charge in [0.25, 0.3) is 5.91 Å². The number of likely N-dealkylation sites (tertiary alicyclic amines) is 1. The zero-order chi connectivity index (χ0) is 27.0. The largest absolute Gasteiger partial charge is 0.495 e. The number of carbonyl (C=O) groups excluding carboxylic acids is 2. The fraction of sp³-hybridized carbons (Fsp3) is 0.571. The van der Waals surface area contributed by atoms with E-state index in [1.54, 1.807) is 37.4 Å². The molecule has 38 heavy (non-hydrogen) atoms. The number of hydrogen-bond donors (Lipinski definition) is 2. The van der Waals surface area contributed by atoms with E-state index in [0.717, 1.165) is 31.7 Å². The van der Waals surface area contributed by atoms with Gasteiger partial charge in [-0.3, -0.25) is 14.5 Å². The molecular formula is C28H39N7O3. The second-order valence-corrected chi connectivity index (χ2v) is 11.3. The summed E-state index contributed by atoms with van der Waals surface area (Å²) in [7, 11) is 3.38. The van der Waals surface area contributed by atoms with Crippen molar-refractivity contribution in [1.29, 1.82) is 0 Å². The highest BCUT2D eigenvalue weighted by molar-refractivity contribution is 6.01. The third-order valence-electron chi connectivity index (χ3n) is 8.09. The Balaban J connectivity index is 1.41. The highest BCUT2D eigenvalue weighted by Crippen LogP contribution is 2.40. The molecule has 0 spiro atoms. The lowest BCUT2D eigenvalue weighted by Crippen LogP contribution is -2.52. The Morgan fingerprint density at radius 2 is 1.92 bits per heavy atom. The Morgan fingerprint density at radius 1 is 1.18 bits per heavy atom. The summed E-state index contributed by atoms with van der Waals surface area (Å²) >= 11 is 0. The summed E-state index contributed by atoms with van der Waals surface area (Å²) in [4.78, 5) is 41.7. The molecule has 1 aromatic heterocycles. The van der Waals surface area contributed by atoms with Crippen LogP contribution < -0.4 is 25.2 Å². The molecule has 1 saturated heterocycles. The molecule has 1 aromatic carbocycles. The first-order chi connectivity index (χ1) is 18.2. The molecule has 2 aromatic rings. The number of carbonyl (C=O) groups is 2. The van der Waals surface area contributed by atoms with Gasteiger partial charge in [-0.2, -0.15) is 4.98 Å². The number of methoxy groups -OCH3 is 1. The van der Waals surface area contributed by atoms with Crippen LogP contribution in [-0.4, -0.2) is 72.7 Å². The average molecular weight is 522 g/mol. The second kappa shape index (κ2) is 10.4. The van der Waals surface area contributed by atoms with E-state index in [0.29, 0.717) is 41.2 Å². The zero-order valence-electron chi connectivity index (χ0n) is 23.1. The van der Waals surface area contributed by atoms with Gasteiger partial charge in [0.1, 0.15) is 11.4 Å². The van der Waals surface area contributed by atoms with Crippen molar-refractivity contribution in [3.63, 3.8) is 0 Å². The zero-order valence-corrected chi connectivity index (χ0v) is 23.1. The van der Waals surface area contributed by atoms with E-state index in [-0.39, 0.29) is 18.0 Å². The normalized spacial score (nSPS) is 20.4. The molecule has 2 fully saturated rings. The molecule has 2 N–H and O–H groups in total. The first-order valence-corrected chi connectivity index (χ1v) is 13.6. The molecule has 204 valence electrons. The van der Waals surface area contributed by atoms with Crippen LogP contribution in [0.15, 0.2) is 24.4 Å². The molecule has 1 saturated carbocycles. The Morgan fingerprint density at radius 3 is 2.58 bits per heavy atom. The number of hydrogen-bond acceptors (Lipinski definition) is 8. The topological polar surface area (TPSA) is 103 Å². The van der Waals surface area contributed by atoms with Crippen molar-refractivity contribution in [1.82, 2.24) is 20.2 Å². The van der Waals surface area contributed by atoms with E-state index >= 15 is 0 Å². The average Bonchev–Trinajstić information content (AvgIpc) is 3.38. The number of nitrogens with one attached hydrogen (secondary N) is 2. The molecule has 10 heteroatoms. The van der Waals surface area contributed by atoms with Crippen LogP contribution in [0.4, 0.5) is 23.1 Å². The third-order valence-corrected chi connectivity index (χ3v) is 8.09. The van der Waals surface area contributed by atoms with E-state index in [2.05, 4.69) is 25.4 Å². The van der Waals surface area contributed by atoms with Crippen LogP contribution in [0.2, 0.25) is 0 Å². The van der Waals surface area contributed by atoms with Crippen molar-refractivity contribution in [3.05, 3.63) is 30.0 Å². The summed E-state index contributed by atoms with van der Waals surface area (Å²) in [6.07, 6.45) is 7.43. The maximum atomic E-state index is 13.2. The molecule has 3 aliphatic rings. The number of ether oxygens (including phenoxy) is 1. The van der Waals surface area contributed by atoms with Crippen LogP contribution in [0.25, 0.3) is 0 Å². The lowest BCUT2D eigenvalue weighted by atomic mass is 9.91. The highest BCUT2D eigenvalue weighted by atomic mass is 16.5. The van der Waals surface area contributed by atoms with E-state index in [9.17, 15) is 9.59 Å². The van der Waals surface area contributed by atoms with E-state index in [4.69, 9.17) is 9.72 Å². The lowest BCUT2D eigenvalue weighted by Gasteiger charge is -2.36. The van der Waals surface area contributed by atoms with Gasteiger partial charge in [-0.05, 0) is 58.2 Å². The lowest BCUT2D eigenvalue weighted by molar-refractivity contribution is -0.125. The monoisotopic (exact) mass is 521 g/mol. The Bertz CT molecular complexity index is 1210. The van der Waals surface area contributed by atoms with Crippen LogP contribution in [0.1, 0.15) is 63.2 Å². The second-order valence-electron chi connectivity index (χ2n) is 11.3. The summed E-state index contributed by atoms with van der Waals surface area (Å²) in [5.74, 6) is 1.62. The molecule has 0 bridgehead atoms. The minimum atomic E-state index is -0.543. The van der Waals surface area contributed by atoms with Crippen molar-refractivity contribution in [2.24, 2.45) is 5.41 Å². The molecule has 0 radical (unpaired) electrons. The molecule has 2 amide bonds. The smallest absolute Gasteiger partial charge is 0.252 e. The Kier molecular flexibility index (Phi) is 7.17. The van der Waals surface area contributed by atoms with Gasteiger partial charge in [0.05, 0.1) is 30.6 Å². The first-order valence-electron chi connectivity index (χ1n) is 13.6. The van der Waals surface area contributed by atoms with Crippen molar-refractivity contribution in [3.8, 4) is 5.75 Å². The van der Waals surface area contributed by atoms with E-state index in [1.807, 2.05) is 26.8 Å². The summed E-state index contributed by atoms with van der Waals surface area (Å²) in [5, 5.41) is 6.33. The molecule has 10 nitrogen and oxygen atoms in total. The predicted octanol–water partition coefficient (Wildman–Crippen LogP) is 3.76. The molecule has 1 atom stereocenters. The van der Waals surface area contributed by atoms with Crippen LogP contribution in [-0.2, 0) is 4.79 Å². The quantitative estimate of drug-likeness (QED) is 0.568. The van der Waals surface area contributed by atoms with Crippen molar-refractivity contribution < 1.29 is 14.3 Å². The van der Waals surface area contributed by atoms with Crippen LogP contribution >= 0.6 is 0 Å². The molecular weight excluding hydrogens is 482 g/mol. The predicted molar refractivity (Wildman–Crippen MR) is 148 cm³/mol. The van der Waals surface area contributed by atoms with Crippen molar-refractivity contribution in [2.75, 3.05) is 48.9 Å². The summed E-state index contributed by atoms with van der Waals surface area (Å²) in [6.45, 7) is 8.62. The summed E-state index contributed by atoms with van der Waals surface area (Å²) in [6, 6.07) is 5.65. The van der Waals surface area contributed by atoms with Gasteiger partial charge in [-0.1, -0.05) is 12.8 Å². The number of benzene rings is 1. The minimum absolute atomic E-state index is 0.00849. The SMILES string of the molecule is COc1cc(C(=O)NC(C)N2CCC2)ccc1Nc1ncc2c(n1)N(C1CCCC1)CC(C)(C)C(=O)N2C. The number of anilines is 4. The van der Waals surface area contributed by atoms with Gasteiger partial charge in [-0.25, -0.2) is 4.98 Å². The summed E-state index contributed by atoms with van der Waals surface area (Å²) in [5.41, 5.74) is 1.36. The van der Waals surface area contributed by atoms with Crippen LogP contribution in [0.5, 0.6) is 5.75 Å². The van der Waals surface area contributed by atoms with Crippen molar-refractivity contribution >= 4 is 35.0 Å². The third kappa shape index (κ3) is 5.01. The molecule has 2 aliphatic heterocycles. The number of amides is 2. The van der Waals surface area contributed by atoms with Gasteiger partial charge in [0, 0.05) is 38.3 Å². The number of fused-ring (bicyclic) bond motifs is 1. The van der Waals surface area contributed by atoms with Crippen LogP contribution in [0, 0.1) is 5.41 Å². The van der Waals surface area contributed by atoms with Gasteiger partial charge >= 0.3 is 0 Å². The highest BCUT2D eigenvalue weighted by Gasteiger charge is 2.41. The molecule has 3 heterocycles.